The first-order chi connectivity index (χ1) is 24.6. The molecule has 0 aromatic carbocycles. The maximum Gasteiger partial charge on any atom is 0.322 e. The molecule has 58 heavy (non-hydrogen) atoms. The van der Waals surface area contributed by atoms with Gasteiger partial charge in [-0.3, -0.25) is 32.6 Å². The van der Waals surface area contributed by atoms with Gasteiger partial charge in [-0.1, -0.05) is 45.2 Å². The van der Waals surface area contributed by atoms with Crippen LogP contribution in [0, 0.1) is 18.2 Å². The monoisotopic (exact) mass is 1320 g/mol. The molecule has 0 aliphatic heterocycles. The number of hydrogen-bond acceptors (Lipinski definition) is 9. The molecule has 4 atom stereocenters. The summed E-state index contributed by atoms with van der Waals surface area (Å²) in [6.45, 7) is 31.6. The van der Waals surface area contributed by atoms with E-state index < -0.39 is 34.3 Å². The Bertz CT molecular complexity index is 1440. The van der Waals surface area contributed by atoms with Crippen molar-refractivity contribution in [1.29, 1.82) is 0 Å². The summed E-state index contributed by atoms with van der Waals surface area (Å²) < 4.78 is 0. The summed E-state index contributed by atoms with van der Waals surface area (Å²) in [6.07, 6.45) is 19.6. The quantitative estimate of drug-likeness (QED) is 0.0896. The van der Waals surface area contributed by atoms with Crippen molar-refractivity contribution in [3.8, 4) is 0 Å². The summed E-state index contributed by atoms with van der Waals surface area (Å²) in [5.41, 5.74) is 0.794. The van der Waals surface area contributed by atoms with Crippen LogP contribution in [0.15, 0.2) is 116 Å². The topological polar surface area (TPSA) is 205 Å². The zero-order chi connectivity index (χ0) is 44.3. The third-order valence-corrected chi connectivity index (χ3v) is 6.95. The molecule has 0 rings (SSSR count). The van der Waals surface area contributed by atoms with Gasteiger partial charge >= 0.3 is 5.97 Å². The standard InChI is InChI=1S/C12H19NO2.C11H16NO2.C9H11O3.C9H15O2.CH5N.CH4.3W/c1-7-10(8-9(2)3)12(4,15)11(14)13(5)6;1-6-8-9(7-2)11(3,14)10(13)12(4)5;1-4-6-7(5-2)9(3,12)8(10)11;1-4-5-6-8(2)9(3,11)7-10;1-2;;;;/h7-8,15H,1-2H2,3-6H3;7-8,14H,1-2H2,3-5H3;5-6,12H,1-2H2,3H3,(H,10,11);4,6,10-11H,7H2,1-3H3;2H2,1H3;1H4;;;/q;3*-1;;;;;/b10-8+;9-8+;7-6+;8-6+;;;;;. The number of amides is 2. The average Bonchev–Trinajstić information content (AvgIpc) is 3.10. The second-order valence-electron chi connectivity index (χ2n) is 12.3. The van der Waals surface area contributed by atoms with Gasteiger partial charge in [0.15, 0.2) is 5.60 Å². The van der Waals surface area contributed by atoms with Crippen molar-refractivity contribution in [2.75, 3.05) is 41.8 Å². The van der Waals surface area contributed by atoms with Gasteiger partial charge in [0.25, 0.3) is 5.91 Å². The van der Waals surface area contributed by atoms with Crippen LogP contribution in [0.5, 0.6) is 0 Å². The van der Waals surface area contributed by atoms with E-state index in [1.807, 2.05) is 6.92 Å². The second kappa shape index (κ2) is 38.6. The molecule has 0 aromatic heterocycles. The number of nitrogens with two attached hydrogens (primary N) is 1. The van der Waals surface area contributed by atoms with Crippen LogP contribution in [0.3, 0.4) is 0 Å². The molecule has 0 spiro atoms. The third kappa shape index (κ3) is 29.6. The number of carbonyl (C=O) groups is 3. The Kier molecular flexibility index (Phi) is 50.6. The van der Waals surface area contributed by atoms with E-state index in [0.29, 0.717) is 16.7 Å². The number of aliphatic hydroxyl groups excluding tert-OH is 1. The van der Waals surface area contributed by atoms with Gasteiger partial charge in [-0.05, 0) is 47.2 Å². The molecular formula is C43H70N3O9W3-3. The average molecular weight is 1320 g/mol. The zero-order valence-corrected chi connectivity index (χ0v) is 44.5. The molecule has 2 amide bonds. The molecule has 0 radical (unpaired) electrons. The smallest absolute Gasteiger partial charge is 0.322 e. The van der Waals surface area contributed by atoms with E-state index >= 15 is 0 Å². The fraction of sp³-hybridized carbons (Fsp3) is 0.419. The van der Waals surface area contributed by atoms with Crippen molar-refractivity contribution in [2.24, 2.45) is 5.73 Å². The van der Waals surface area contributed by atoms with Gasteiger partial charge in [0, 0.05) is 97.0 Å². The summed E-state index contributed by atoms with van der Waals surface area (Å²) in [6, 6.07) is 0. The van der Waals surface area contributed by atoms with Gasteiger partial charge in [-0.2, -0.15) is 36.0 Å². The molecule has 332 valence electrons. The first kappa shape index (κ1) is 76.1. The molecule has 8 N–H and O–H groups in total. The van der Waals surface area contributed by atoms with Crippen molar-refractivity contribution >= 4 is 17.8 Å². The summed E-state index contributed by atoms with van der Waals surface area (Å²) in [5.74, 6) is -2.11. The minimum atomic E-state index is -1.92. The summed E-state index contributed by atoms with van der Waals surface area (Å²) >= 11 is 0. The van der Waals surface area contributed by atoms with Crippen LogP contribution in [0.2, 0.25) is 0 Å². The number of nitrogens with zero attached hydrogens (tertiary/aromatic N) is 2. The normalized spacial score (nSPS) is 14.8. The predicted octanol–water partition coefficient (Wildman–Crippen LogP) is 4.62. The minimum Gasteiger partial charge on any atom is -0.480 e. The molecule has 0 aromatic rings. The van der Waals surface area contributed by atoms with Gasteiger partial charge in [0.2, 0.25) is 5.91 Å². The largest absolute Gasteiger partial charge is 0.480 e. The van der Waals surface area contributed by atoms with Crippen LogP contribution in [0.1, 0.15) is 55.9 Å². The van der Waals surface area contributed by atoms with Crippen LogP contribution < -0.4 is 5.73 Å². The molecule has 0 fully saturated rings. The molecule has 4 unspecified atom stereocenters. The number of likely N-dealkylation sites (N-methyl/N-ethyl adjacent to an activating group) is 2. The fourth-order valence-corrected chi connectivity index (χ4v) is 3.41. The summed E-state index contributed by atoms with van der Waals surface area (Å²) in [7, 11) is 7.85. The van der Waals surface area contributed by atoms with Crippen LogP contribution in [0.4, 0.5) is 0 Å². The van der Waals surface area contributed by atoms with Crippen LogP contribution >= 0.6 is 0 Å². The van der Waals surface area contributed by atoms with Gasteiger partial charge in [-0.25, -0.2) is 18.2 Å². The Labute approximate surface area is 393 Å². The van der Waals surface area contributed by atoms with Crippen LogP contribution in [-0.4, -0.2) is 122 Å². The SMILES string of the molecule is C.C=C/C(=C\C(=C)C)C(C)(O)C(=O)N(C)C.C=[C-]/C=C(\C=C)C(C)(O)C(=O)N(C)C.C=[C-]/C=C(\C=C)C(C)(O)C(=O)O.CC=[C-]/C=C(\C)C(C)(O)CO.CN.[W].[W].[W]. The number of carboxylic acids is 1. The first-order valence-electron chi connectivity index (χ1n) is 16.3. The Balaban J connectivity index is -0.0000000764. The number of hydrogen-bond donors (Lipinski definition) is 7. The molecule has 0 saturated heterocycles. The van der Waals surface area contributed by atoms with E-state index in [1.54, 1.807) is 67.2 Å². The Hall–Kier alpha value is -2.63. The van der Waals surface area contributed by atoms with Crippen molar-refractivity contribution in [3.05, 3.63) is 134 Å². The third-order valence-electron chi connectivity index (χ3n) is 6.95. The van der Waals surface area contributed by atoms with E-state index in [4.69, 9.17) is 10.2 Å². The number of rotatable bonds is 15. The van der Waals surface area contributed by atoms with E-state index in [2.05, 4.69) is 63.4 Å². The Morgan fingerprint density at radius 3 is 1.22 bits per heavy atom. The maximum atomic E-state index is 11.7. The minimum absolute atomic E-state index is 0. The van der Waals surface area contributed by atoms with E-state index in [-0.39, 0.29) is 88.7 Å². The zero-order valence-electron chi connectivity index (χ0n) is 35.7. The van der Waals surface area contributed by atoms with E-state index in [1.165, 1.54) is 68.0 Å². The predicted molar refractivity (Wildman–Crippen MR) is 226 cm³/mol. The van der Waals surface area contributed by atoms with E-state index in [9.17, 15) is 34.8 Å². The van der Waals surface area contributed by atoms with Gasteiger partial charge < -0.3 is 46.2 Å². The number of carboxylic acid groups (broad SMARTS) is 1. The molecule has 0 heterocycles. The van der Waals surface area contributed by atoms with Crippen molar-refractivity contribution in [1.82, 2.24) is 9.80 Å². The van der Waals surface area contributed by atoms with Gasteiger partial charge in [0.05, 0.1) is 6.61 Å². The molecule has 0 aliphatic rings. The molecule has 15 heteroatoms. The van der Waals surface area contributed by atoms with Gasteiger partial charge in [-0.15, -0.1) is 32.2 Å². The number of carbonyl (C=O) groups excluding carboxylic acids is 2. The van der Waals surface area contributed by atoms with Crippen molar-refractivity contribution in [2.45, 2.75) is 78.3 Å². The molecule has 0 bridgehead atoms. The van der Waals surface area contributed by atoms with Crippen LogP contribution in [-0.2, 0) is 77.6 Å². The summed E-state index contributed by atoms with van der Waals surface area (Å²) in [5, 5.41) is 56.2. The maximum absolute atomic E-state index is 11.7. The summed E-state index contributed by atoms with van der Waals surface area (Å²) in [4.78, 5) is 36.5. The Morgan fingerprint density at radius 1 is 0.690 bits per heavy atom. The van der Waals surface area contributed by atoms with Crippen molar-refractivity contribution < 1.29 is 108 Å². The number of aliphatic carboxylic acids is 1. The number of allylic oxidation sites excluding steroid dienone is 9. The van der Waals surface area contributed by atoms with Gasteiger partial charge in [0.1, 0.15) is 11.2 Å². The molecule has 0 aliphatic carbocycles. The molecule has 0 saturated carbocycles. The van der Waals surface area contributed by atoms with E-state index in [0.717, 1.165) is 5.57 Å². The van der Waals surface area contributed by atoms with Crippen molar-refractivity contribution in [3.63, 3.8) is 0 Å². The van der Waals surface area contributed by atoms with Crippen LogP contribution in [0.25, 0.3) is 0 Å². The molecular weight excluding hydrogens is 1250 g/mol. The number of aliphatic hydroxyl groups is 5. The molecule has 12 nitrogen and oxygen atoms in total. The first-order valence-corrected chi connectivity index (χ1v) is 16.3. The fourth-order valence-electron chi connectivity index (χ4n) is 3.41. The second-order valence-corrected chi connectivity index (χ2v) is 12.3. The Morgan fingerprint density at radius 2 is 1.00 bits per heavy atom.